The molecule has 2 aromatic rings. The number of halogens is 1. The van der Waals surface area contributed by atoms with E-state index in [1.54, 1.807) is 24.3 Å². The number of nitro benzene ring substituents is 2. The third-order valence-electron chi connectivity index (χ3n) is 3.30. The lowest BCUT2D eigenvalue weighted by Crippen LogP contribution is -2.08. The Morgan fingerprint density at radius 3 is 2.17 bits per heavy atom. The molecule has 2 rings (SSSR count). The maximum atomic E-state index is 12.1. The predicted molar refractivity (Wildman–Crippen MR) is 85.1 cm³/mol. The Labute approximate surface area is 140 Å². The van der Waals surface area contributed by atoms with Gasteiger partial charge >= 0.3 is 5.97 Å². The standard InChI is InChI=1S/C15H11ClN2O6/c1-9-13(17(20)21)6-11(7-14(9)18(22)23)15(19)24-8-10-4-2-3-5-12(10)16/h2-7H,8H2,1H3. The van der Waals surface area contributed by atoms with Crippen LogP contribution >= 0.6 is 11.6 Å². The van der Waals surface area contributed by atoms with Crippen LogP contribution in [0, 0.1) is 27.2 Å². The van der Waals surface area contributed by atoms with E-state index in [1.807, 2.05) is 0 Å². The van der Waals surface area contributed by atoms with Gasteiger partial charge in [-0.3, -0.25) is 20.2 Å². The summed E-state index contributed by atoms with van der Waals surface area (Å²) < 4.78 is 5.04. The van der Waals surface area contributed by atoms with Crippen LogP contribution in [0.1, 0.15) is 21.5 Å². The van der Waals surface area contributed by atoms with Crippen molar-refractivity contribution in [1.29, 1.82) is 0 Å². The van der Waals surface area contributed by atoms with Crippen LogP contribution < -0.4 is 0 Å². The Hall–Kier alpha value is -3.00. The molecule has 0 N–H and O–H groups in total. The van der Waals surface area contributed by atoms with Crippen molar-refractivity contribution in [1.82, 2.24) is 0 Å². The summed E-state index contributed by atoms with van der Waals surface area (Å²) in [4.78, 5) is 32.5. The van der Waals surface area contributed by atoms with Crippen molar-refractivity contribution in [3.05, 3.63) is 78.3 Å². The Kier molecular flexibility index (Phi) is 5.10. The van der Waals surface area contributed by atoms with Crippen molar-refractivity contribution in [3.63, 3.8) is 0 Å². The quantitative estimate of drug-likeness (QED) is 0.460. The summed E-state index contributed by atoms with van der Waals surface area (Å²) in [6, 6.07) is 8.59. The number of hydrogen-bond donors (Lipinski definition) is 0. The molecular formula is C15H11ClN2O6. The SMILES string of the molecule is Cc1c([N+](=O)[O-])cc(C(=O)OCc2ccccc2Cl)cc1[N+](=O)[O-]. The van der Waals surface area contributed by atoms with Crippen LogP contribution in [0.4, 0.5) is 11.4 Å². The summed E-state index contributed by atoms with van der Waals surface area (Å²) >= 11 is 5.94. The molecule has 0 heterocycles. The van der Waals surface area contributed by atoms with E-state index in [2.05, 4.69) is 0 Å². The molecule has 0 fully saturated rings. The highest BCUT2D eigenvalue weighted by Gasteiger charge is 2.26. The second-order valence-corrected chi connectivity index (χ2v) is 5.23. The van der Waals surface area contributed by atoms with Gasteiger partial charge in [0.1, 0.15) is 12.2 Å². The molecule has 124 valence electrons. The lowest BCUT2D eigenvalue weighted by Gasteiger charge is -2.07. The van der Waals surface area contributed by atoms with Gasteiger partial charge in [0.2, 0.25) is 0 Å². The number of rotatable bonds is 5. The number of esters is 1. The van der Waals surface area contributed by atoms with Crippen molar-refractivity contribution >= 4 is 28.9 Å². The van der Waals surface area contributed by atoms with Gasteiger partial charge < -0.3 is 4.74 Å². The Morgan fingerprint density at radius 1 is 1.12 bits per heavy atom. The normalized spacial score (nSPS) is 10.2. The van der Waals surface area contributed by atoms with E-state index in [-0.39, 0.29) is 17.7 Å². The lowest BCUT2D eigenvalue weighted by molar-refractivity contribution is -0.395. The van der Waals surface area contributed by atoms with Crippen LogP contribution in [-0.2, 0) is 11.3 Å². The second kappa shape index (κ2) is 7.05. The maximum Gasteiger partial charge on any atom is 0.338 e. The average molecular weight is 351 g/mol. The fourth-order valence-electron chi connectivity index (χ4n) is 2.02. The van der Waals surface area contributed by atoms with Crippen molar-refractivity contribution in [2.75, 3.05) is 0 Å². The molecule has 0 aromatic heterocycles. The zero-order chi connectivity index (χ0) is 17.9. The molecule has 0 amide bonds. The number of carbonyl (C=O) groups is 1. The smallest absolute Gasteiger partial charge is 0.338 e. The molecule has 8 nitrogen and oxygen atoms in total. The molecule has 0 saturated carbocycles. The molecule has 2 aromatic carbocycles. The Bertz CT molecular complexity index is 801. The van der Waals surface area contributed by atoms with Crippen molar-refractivity contribution < 1.29 is 19.4 Å². The van der Waals surface area contributed by atoms with Gasteiger partial charge in [0.25, 0.3) is 11.4 Å². The van der Waals surface area contributed by atoms with Gasteiger partial charge in [0, 0.05) is 22.7 Å². The number of carbonyl (C=O) groups excluding carboxylic acids is 1. The van der Waals surface area contributed by atoms with Gasteiger partial charge in [-0.05, 0) is 13.0 Å². The van der Waals surface area contributed by atoms with Crippen LogP contribution in [0.3, 0.4) is 0 Å². The minimum atomic E-state index is -0.916. The zero-order valence-corrected chi connectivity index (χ0v) is 13.1. The molecule has 0 bridgehead atoms. The molecule has 0 aliphatic rings. The topological polar surface area (TPSA) is 113 Å². The summed E-state index contributed by atoms with van der Waals surface area (Å²) in [5, 5.41) is 22.4. The first-order valence-electron chi connectivity index (χ1n) is 6.65. The minimum absolute atomic E-state index is 0.132. The molecule has 0 radical (unpaired) electrons. The highest BCUT2D eigenvalue weighted by molar-refractivity contribution is 6.31. The molecular weight excluding hydrogens is 340 g/mol. The lowest BCUT2D eigenvalue weighted by atomic mass is 10.1. The molecule has 0 atom stereocenters. The van der Waals surface area contributed by atoms with Crippen LogP contribution in [0.2, 0.25) is 5.02 Å². The maximum absolute atomic E-state index is 12.1. The Balaban J connectivity index is 2.30. The monoisotopic (exact) mass is 350 g/mol. The number of hydrogen-bond acceptors (Lipinski definition) is 6. The van der Waals surface area contributed by atoms with Crippen LogP contribution in [0.15, 0.2) is 36.4 Å². The summed E-state index contributed by atoms with van der Waals surface area (Å²) in [5.41, 5.74) is -0.898. The van der Waals surface area contributed by atoms with Gasteiger partial charge in [-0.25, -0.2) is 4.79 Å². The largest absolute Gasteiger partial charge is 0.457 e. The van der Waals surface area contributed by atoms with E-state index in [9.17, 15) is 25.0 Å². The Morgan fingerprint density at radius 2 is 1.67 bits per heavy atom. The van der Waals surface area contributed by atoms with Crippen molar-refractivity contribution in [3.8, 4) is 0 Å². The highest BCUT2D eigenvalue weighted by atomic mass is 35.5. The first-order valence-corrected chi connectivity index (χ1v) is 7.03. The molecule has 9 heteroatoms. The third kappa shape index (κ3) is 3.66. The van der Waals surface area contributed by atoms with Crippen molar-refractivity contribution in [2.45, 2.75) is 13.5 Å². The first kappa shape index (κ1) is 17.4. The van der Waals surface area contributed by atoms with E-state index in [1.165, 1.54) is 6.92 Å². The summed E-state index contributed by atoms with van der Waals surface area (Å²) in [5.74, 6) is -0.916. The van der Waals surface area contributed by atoms with Gasteiger partial charge in [-0.15, -0.1) is 0 Å². The second-order valence-electron chi connectivity index (χ2n) is 4.82. The van der Waals surface area contributed by atoms with E-state index in [4.69, 9.17) is 16.3 Å². The number of nitro groups is 2. The van der Waals surface area contributed by atoms with Crippen molar-refractivity contribution in [2.24, 2.45) is 0 Å². The summed E-state index contributed by atoms with van der Waals surface area (Å²) in [6.45, 7) is 1.09. The fourth-order valence-corrected chi connectivity index (χ4v) is 2.21. The van der Waals surface area contributed by atoms with Gasteiger partial charge in [-0.1, -0.05) is 29.8 Å². The molecule has 0 spiro atoms. The summed E-state index contributed by atoms with van der Waals surface area (Å²) in [6.07, 6.45) is 0. The predicted octanol–water partition coefficient (Wildman–Crippen LogP) is 3.82. The van der Waals surface area contributed by atoms with E-state index in [0.717, 1.165) is 12.1 Å². The first-order chi connectivity index (χ1) is 11.3. The zero-order valence-electron chi connectivity index (χ0n) is 12.4. The number of ether oxygens (including phenoxy) is 1. The third-order valence-corrected chi connectivity index (χ3v) is 3.67. The number of benzene rings is 2. The van der Waals surface area contributed by atoms with E-state index >= 15 is 0 Å². The van der Waals surface area contributed by atoms with Crippen LogP contribution in [-0.4, -0.2) is 15.8 Å². The summed E-state index contributed by atoms with van der Waals surface area (Å²) in [7, 11) is 0. The molecule has 0 aliphatic heterocycles. The molecule has 0 unspecified atom stereocenters. The number of nitrogens with zero attached hydrogens (tertiary/aromatic N) is 2. The van der Waals surface area contributed by atoms with E-state index in [0.29, 0.717) is 10.6 Å². The molecule has 0 saturated heterocycles. The fraction of sp³-hybridized carbons (Fsp3) is 0.133. The minimum Gasteiger partial charge on any atom is -0.457 e. The van der Waals surface area contributed by atoms with Crippen LogP contribution in [0.5, 0.6) is 0 Å². The van der Waals surface area contributed by atoms with Gasteiger partial charge in [0.15, 0.2) is 0 Å². The van der Waals surface area contributed by atoms with Gasteiger partial charge in [0.05, 0.1) is 15.4 Å². The van der Waals surface area contributed by atoms with Crippen LogP contribution in [0.25, 0.3) is 0 Å². The molecule has 0 aliphatic carbocycles. The average Bonchev–Trinajstić information content (AvgIpc) is 2.53. The van der Waals surface area contributed by atoms with Gasteiger partial charge in [-0.2, -0.15) is 0 Å². The highest BCUT2D eigenvalue weighted by Crippen LogP contribution is 2.29. The molecule has 24 heavy (non-hydrogen) atoms. The van der Waals surface area contributed by atoms with E-state index < -0.39 is 27.2 Å².